The fourth-order valence-corrected chi connectivity index (χ4v) is 2.65. The Labute approximate surface area is 209 Å². The molecule has 6 heteroatoms. The van der Waals surface area contributed by atoms with Gasteiger partial charge in [-0.1, -0.05) is 11.8 Å². The maximum absolute atomic E-state index is 10.0. The van der Waals surface area contributed by atoms with Gasteiger partial charge in [-0.25, -0.2) is 11.1 Å². The number of hydrogen-bond donors (Lipinski definition) is 1. The number of rotatable bonds is 2. The van der Waals surface area contributed by atoms with Crippen molar-refractivity contribution < 1.29 is 67.5 Å². The van der Waals surface area contributed by atoms with E-state index in [0.29, 0.717) is 6.61 Å². The average Bonchev–Trinajstić information content (AvgIpc) is 2.67. The summed E-state index contributed by atoms with van der Waals surface area (Å²) in [6, 6.07) is 22.1. The van der Waals surface area contributed by atoms with E-state index in [4.69, 9.17) is 9.84 Å². The van der Waals surface area contributed by atoms with Gasteiger partial charge in [0.2, 0.25) is 0 Å². The van der Waals surface area contributed by atoms with E-state index in [9.17, 15) is 4.79 Å². The van der Waals surface area contributed by atoms with Crippen molar-refractivity contribution in [3.05, 3.63) is 84.3 Å². The topological polar surface area (TPSA) is 59.4 Å². The third-order valence-electron chi connectivity index (χ3n) is 3.77. The Bertz CT molecular complexity index is 986. The Hall–Kier alpha value is -1.65. The van der Waals surface area contributed by atoms with E-state index in [1.807, 2.05) is 48.5 Å². The standard InChI is InChI=1S/C18H10NO.C5H8O2.Ir.Y/c1-2-6-13(7-3-1)15-10-17-18(19-11-15)16-9-5-4-8-14(16)12-20-17;1-4(6)3-5(2)7;;/h1-6,8,10H,12H2;3,6H,1-2H3;;/q-3;;;/b;4-3-;;. The number of ether oxygens (including phenoxy) is 1. The summed E-state index contributed by atoms with van der Waals surface area (Å²) in [6.45, 7) is 3.41. The minimum absolute atomic E-state index is 0. The average molecular weight is 638 g/mol. The van der Waals surface area contributed by atoms with E-state index < -0.39 is 0 Å². The summed E-state index contributed by atoms with van der Waals surface area (Å²) in [4.78, 5) is 14.5. The number of ketones is 1. The van der Waals surface area contributed by atoms with E-state index in [-0.39, 0.29) is 64.4 Å². The van der Waals surface area contributed by atoms with Gasteiger partial charge >= 0.3 is 0 Å². The van der Waals surface area contributed by atoms with Gasteiger partial charge in [0.25, 0.3) is 0 Å². The zero-order valence-corrected chi connectivity index (χ0v) is 21.3. The molecule has 0 aliphatic carbocycles. The van der Waals surface area contributed by atoms with Crippen molar-refractivity contribution in [3.63, 3.8) is 0 Å². The zero-order valence-electron chi connectivity index (χ0n) is 16.0. The second kappa shape index (κ2) is 12.1. The largest absolute Gasteiger partial charge is 0.516 e. The number of carbonyl (C=O) groups excluding carboxylic acids is 1. The Morgan fingerprint density at radius 2 is 1.90 bits per heavy atom. The predicted octanol–water partition coefficient (Wildman–Crippen LogP) is 4.74. The van der Waals surface area contributed by atoms with Crippen LogP contribution in [0.1, 0.15) is 19.4 Å². The first-order chi connectivity index (χ1) is 13.0. The summed E-state index contributed by atoms with van der Waals surface area (Å²) in [6.07, 6.45) is 4.24. The van der Waals surface area contributed by atoms with E-state index in [1.165, 1.54) is 19.9 Å². The quantitative estimate of drug-likeness (QED) is 0.251. The third kappa shape index (κ3) is 6.97. The smallest absolute Gasteiger partial charge is 0.155 e. The van der Waals surface area contributed by atoms with E-state index >= 15 is 0 Å². The second-order valence-corrected chi connectivity index (χ2v) is 6.03. The summed E-state index contributed by atoms with van der Waals surface area (Å²) in [5, 5.41) is 8.36. The SMILES string of the molecule is CC(=O)/C=C(/C)O.[Ir].[Y].[c-]1ccccc1-c1[c-]nc2c(c1)OCc1ccc[c-]c1-2. The van der Waals surface area contributed by atoms with Crippen LogP contribution < -0.4 is 4.74 Å². The van der Waals surface area contributed by atoms with Gasteiger partial charge in [0.1, 0.15) is 0 Å². The third-order valence-corrected chi connectivity index (χ3v) is 3.77. The Kier molecular flexibility index (Phi) is 10.6. The molecule has 2 heterocycles. The van der Waals surface area contributed by atoms with Crippen LogP contribution in [0.5, 0.6) is 5.75 Å². The molecule has 0 atom stereocenters. The molecule has 29 heavy (non-hydrogen) atoms. The van der Waals surface area contributed by atoms with E-state index in [2.05, 4.69) is 23.3 Å². The molecule has 148 valence electrons. The Morgan fingerprint density at radius 1 is 1.14 bits per heavy atom. The number of aliphatic hydroxyl groups excluding tert-OH is 1. The first kappa shape index (κ1) is 25.4. The maximum atomic E-state index is 10.0. The molecule has 4 nitrogen and oxygen atoms in total. The van der Waals surface area contributed by atoms with Crippen molar-refractivity contribution >= 4 is 5.78 Å². The number of fused-ring (bicyclic) bond motifs is 3. The van der Waals surface area contributed by atoms with Crippen LogP contribution in [0.2, 0.25) is 0 Å². The van der Waals surface area contributed by atoms with Crippen LogP contribution in [0.25, 0.3) is 22.4 Å². The van der Waals surface area contributed by atoms with E-state index in [0.717, 1.165) is 33.7 Å². The van der Waals surface area contributed by atoms with Crippen molar-refractivity contribution in [2.75, 3.05) is 0 Å². The minimum atomic E-state index is -0.125. The van der Waals surface area contributed by atoms with Crippen LogP contribution in [0, 0.1) is 18.3 Å². The van der Waals surface area contributed by atoms with Crippen LogP contribution >= 0.6 is 0 Å². The molecule has 2 aromatic carbocycles. The van der Waals surface area contributed by atoms with Crippen molar-refractivity contribution in [2.45, 2.75) is 20.5 Å². The molecule has 1 aliphatic rings. The summed E-state index contributed by atoms with van der Waals surface area (Å²) < 4.78 is 5.80. The molecule has 1 aliphatic heterocycles. The van der Waals surface area contributed by atoms with Gasteiger partial charge in [0, 0.05) is 64.6 Å². The van der Waals surface area contributed by atoms with Gasteiger partial charge in [0.05, 0.1) is 18.1 Å². The Balaban J connectivity index is 0.000000410. The van der Waals surface area contributed by atoms with Gasteiger partial charge < -0.3 is 14.8 Å². The normalized spacial score (nSPS) is 11.2. The molecule has 0 saturated carbocycles. The van der Waals surface area contributed by atoms with Crippen LogP contribution in [0.3, 0.4) is 0 Å². The number of allylic oxidation sites excluding steroid dienone is 2. The number of benzene rings is 2. The fraction of sp³-hybridized carbons (Fsp3) is 0.130. The van der Waals surface area contributed by atoms with Crippen LogP contribution in [0.15, 0.2) is 60.4 Å². The number of hydrogen-bond acceptors (Lipinski definition) is 4. The van der Waals surface area contributed by atoms with Crippen molar-refractivity contribution in [3.8, 4) is 28.1 Å². The molecule has 0 spiro atoms. The molecular weight excluding hydrogens is 619 g/mol. The van der Waals surface area contributed by atoms with Crippen molar-refractivity contribution in [2.24, 2.45) is 0 Å². The van der Waals surface area contributed by atoms with Gasteiger partial charge in [-0.3, -0.25) is 4.79 Å². The van der Waals surface area contributed by atoms with Gasteiger partial charge in [-0.2, -0.15) is 24.3 Å². The number of aromatic nitrogens is 1. The molecule has 4 rings (SSSR count). The fourth-order valence-electron chi connectivity index (χ4n) is 2.65. The van der Waals surface area contributed by atoms with Crippen molar-refractivity contribution in [1.29, 1.82) is 0 Å². The zero-order chi connectivity index (χ0) is 19.2. The maximum Gasteiger partial charge on any atom is 0.155 e. The number of pyridine rings is 1. The Morgan fingerprint density at radius 3 is 2.52 bits per heavy atom. The molecular formula is C23H18IrNO3Y-3. The molecule has 0 fully saturated rings. The molecule has 0 amide bonds. The van der Waals surface area contributed by atoms with Gasteiger partial charge in [-0.15, -0.1) is 42.0 Å². The van der Waals surface area contributed by atoms with E-state index in [1.54, 1.807) is 0 Å². The first-order valence-corrected chi connectivity index (χ1v) is 8.45. The monoisotopic (exact) mass is 638 g/mol. The van der Waals surface area contributed by atoms with Crippen LogP contribution in [0.4, 0.5) is 0 Å². The number of nitrogens with zero attached hydrogens (tertiary/aromatic N) is 1. The molecule has 0 bridgehead atoms. The molecule has 2 radical (unpaired) electrons. The first-order valence-electron chi connectivity index (χ1n) is 8.45. The molecule has 3 aromatic rings. The molecule has 1 N–H and O–H groups in total. The summed E-state index contributed by atoms with van der Waals surface area (Å²) in [5.41, 5.74) is 4.79. The van der Waals surface area contributed by atoms with Gasteiger partial charge in [0.15, 0.2) is 5.78 Å². The number of aliphatic hydroxyl groups is 1. The number of carbonyl (C=O) groups is 1. The van der Waals surface area contributed by atoms with Crippen LogP contribution in [-0.4, -0.2) is 15.9 Å². The summed E-state index contributed by atoms with van der Waals surface area (Å²) in [7, 11) is 0. The van der Waals surface area contributed by atoms with Crippen molar-refractivity contribution in [1.82, 2.24) is 4.98 Å². The molecule has 1 aromatic heterocycles. The summed E-state index contributed by atoms with van der Waals surface area (Å²) >= 11 is 0. The second-order valence-electron chi connectivity index (χ2n) is 6.03. The summed E-state index contributed by atoms with van der Waals surface area (Å²) in [5.74, 6) is 0.721. The predicted molar refractivity (Wildman–Crippen MR) is 103 cm³/mol. The minimum Gasteiger partial charge on any atom is -0.516 e. The van der Waals surface area contributed by atoms with Gasteiger partial charge in [-0.05, 0) is 13.8 Å². The van der Waals surface area contributed by atoms with Crippen LogP contribution in [-0.2, 0) is 64.2 Å². The molecule has 0 unspecified atom stereocenters. The molecule has 0 saturated heterocycles.